The summed E-state index contributed by atoms with van der Waals surface area (Å²) in [7, 11) is 0. The summed E-state index contributed by atoms with van der Waals surface area (Å²) in [6.45, 7) is 3.88. The molecular weight excluding hydrogens is 352 g/mol. The highest BCUT2D eigenvalue weighted by atomic mass is 35.5. The number of carbonyl (C=O) groups excluding carboxylic acids is 1. The second-order valence-electron chi connectivity index (χ2n) is 6.40. The molecule has 0 fully saturated rings. The predicted molar refractivity (Wildman–Crippen MR) is 99.9 cm³/mol. The highest BCUT2D eigenvalue weighted by molar-refractivity contribution is 6.31. The van der Waals surface area contributed by atoms with Crippen LogP contribution in [0.1, 0.15) is 28.5 Å². The van der Waals surface area contributed by atoms with Crippen LogP contribution in [0.4, 0.5) is 5.69 Å². The monoisotopic (exact) mass is 368 g/mol. The first-order chi connectivity index (χ1) is 12.5. The first kappa shape index (κ1) is 16.7. The number of fused-ring (bicyclic) bond motifs is 1. The van der Waals surface area contributed by atoms with Crippen molar-refractivity contribution in [3.05, 3.63) is 64.3 Å². The normalized spacial score (nSPS) is 15.4. The van der Waals surface area contributed by atoms with Crippen molar-refractivity contribution >= 4 is 23.2 Å². The molecule has 1 aliphatic rings. The van der Waals surface area contributed by atoms with Crippen LogP contribution >= 0.6 is 11.6 Å². The molecule has 6 heteroatoms. The molecule has 4 rings (SSSR count). The summed E-state index contributed by atoms with van der Waals surface area (Å²) in [5.74, 6) is 1.10. The number of benzene rings is 2. The summed E-state index contributed by atoms with van der Waals surface area (Å²) >= 11 is 6.09. The quantitative estimate of drug-likeness (QED) is 0.715. The van der Waals surface area contributed by atoms with E-state index in [0.29, 0.717) is 16.5 Å². The van der Waals surface area contributed by atoms with Crippen LogP contribution in [0.15, 0.2) is 47.0 Å². The van der Waals surface area contributed by atoms with Crippen molar-refractivity contribution in [3.8, 4) is 17.1 Å². The number of rotatable bonds is 3. The minimum Gasteiger partial charge on any atom is -0.490 e. The number of ether oxygens (including phenoxy) is 1. The van der Waals surface area contributed by atoms with Gasteiger partial charge in [0.25, 0.3) is 5.91 Å². The third-order valence-corrected chi connectivity index (χ3v) is 4.85. The first-order valence-corrected chi connectivity index (χ1v) is 8.72. The summed E-state index contributed by atoms with van der Waals surface area (Å²) in [6, 6.07) is 12.8. The third-order valence-electron chi connectivity index (χ3n) is 4.44. The van der Waals surface area contributed by atoms with Crippen LogP contribution in [-0.4, -0.2) is 17.2 Å². The van der Waals surface area contributed by atoms with Gasteiger partial charge in [-0.05, 0) is 55.3 Å². The average molecular weight is 369 g/mol. The zero-order valence-corrected chi connectivity index (χ0v) is 15.1. The number of hydrogen-bond acceptors (Lipinski definition) is 4. The van der Waals surface area contributed by atoms with Crippen LogP contribution in [0, 0.1) is 6.92 Å². The zero-order chi connectivity index (χ0) is 18.3. The molecule has 0 radical (unpaired) electrons. The van der Waals surface area contributed by atoms with Crippen LogP contribution in [-0.2, 0) is 6.42 Å². The van der Waals surface area contributed by atoms with E-state index in [4.69, 9.17) is 20.9 Å². The topological polar surface area (TPSA) is 64.4 Å². The largest absolute Gasteiger partial charge is 0.490 e. The number of nitrogens with zero attached hydrogens (tertiary/aromatic N) is 1. The molecule has 132 valence electrons. The van der Waals surface area contributed by atoms with Crippen LogP contribution < -0.4 is 10.1 Å². The molecule has 0 aliphatic carbocycles. The van der Waals surface area contributed by atoms with Gasteiger partial charge in [-0.3, -0.25) is 4.79 Å². The molecule has 1 atom stereocenters. The lowest BCUT2D eigenvalue weighted by atomic mass is 10.1. The first-order valence-electron chi connectivity index (χ1n) is 8.34. The lowest BCUT2D eigenvalue weighted by Gasteiger charge is -2.07. The number of carbonyl (C=O) groups is 1. The fourth-order valence-electron chi connectivity index (χ4n) is 3.02. The van der Waals surface area contributed by atoms with E-state index in [0.717, 1.165) is 28.9 Å². The van der Waals surface area contributed by atoms with E-state index in [1.807, 2.05) is 32.0 Å². The fourth-order valence-corrected chi connectivity index (χ4v) is 3.20. The molecule has 2 aromatic carbocycles. The number of amides is 1. The van der Waals surface area contributed by atoms with Gasteiger partial charge in [-0.2, -0.15) is 0 Å². The molecule has 1 aliphatic heterocycles. The minimum absolute atomic E-state index is 0.178. The molecule has 1 amide bonds. The zero-order valence-electron chi connectivity index (χ0n) is 14.4. The molecule has 1 N–H and O–H groups in total. The van der Waals surface area contributed by atoms with Crippen molar-refractivity contribution in [2.75, 3.05) is 5.32 Å². The Hall–Kier alpha value is -2.79. The van der Waals surface area contributed by atoms with Crippen LogP contribution in [0.2, 0.25) is 5.02 Å². The number of halogens is 1. The van der Waals surface area contributed by atoms with E-state index >= 15 is 0 Å². The molecule has 26 heavy (non-hydrogen) atoms. The number of aromatic nitrogens is 1. The maximum absolute atomic E-state index is 12.5. The minimum atomic E-state index is -0.344. The molecule has 3 aromatic rings. The average Bonchev–Trinajstić information content (AvgIpc) is 3.24. The molecule has 0 bridgehead atoms. The Morgan fingerprint density at radius 3 is 2.96 bits per heavy atom. The van der Waals surface area contributed by atoms with Gasteiger partial charge in [0.1, 0.15) is 11.9 Å². The molecule has 0 saturated carbocycles. The summed E-state index contributed by atoms with van der Waals surface area (Å²) in [4.78, 5) is 12.5. The van der Waals surface area contributed by atoms with E-state index < -0.39 is 0 Å². The van der Waals surface area contributed by atoms with E-state index in [9.17, 15) is 4.79 Å². The SMILES string of the molecule is Cc1c(Cl)cccc1NC(=O)c1cc(-c2ccc3c(c2)CC(C)O3)on1. The van der Waals surface area contributed by atoms with Crippen molar-refractivity contribution in [1.82, 2.24) is 5.16 Å². The van der Waals surface area contributed by atoms with Gasteiger partial charge in [-0.1, -0.05) is 22.8 Å². The molecule has 0 spiro atoms. The van der Waals surface area contributed by atoms with E-state index in [2.05, 4.69) is 10.5 Å². The van der Waals surface area contributed by atoms with Crippen LogP contribution in [0.3, 0.4) is 0 Å². The van der Waals surface area contributed by atoms with Gasteiger partial charge in [-0.25, -0.2) is 0 Å². The third kappa shape index (κ3) is 3.06. The second-order valence-corrected chi connectivity index (χ2v) is 6.81. The maximum atomic E-state index is 12.5. The maximum Gasteiger partial charge on any atom is 0.277 e. The Bertz CT molecular complexity index is 996. The Morgan fingerprint density at radius 2 is 2.12 bits per heavy atom. The van der Waals surface area contributed by atoms with Gasteiger partial charge in [0.2, 0.25) is 0 Å². The second kappa shape index (κ2) is 6.50. The van der Waals surface area contributed by atoms with Gasteiger partial charge in [0.15, 0.2) is 11.5 Å². The predicted octanol–water partition coefficient (Wildman–Crippen LogP) is 4.88. The Balaban J connectivity index is 1.56. The molecule has 1 aromatic heterocycles. The van der Waals surface area contributed by atoms with Crippen molar-refractivity contribution in [2.24, 2.45) is 0 Å². The number of anilines is 1. The van der Waals surface area contributed by atoms with Gasteiger partial charge in [-0.15, -0.1) is 0 Å². The van der Waals surface area contributed by atoms with Crippen LogP contribution in [0.25, 0.3) is 11.3 Å². The Labute approximate surface area is 155 Å². The molecule has 2 heterocycles. The standard InChI is InChI=1S/C20H17ClN2O3/c1-11-8-14-9-13(6-7-18(14)25-11)19-10-17(23-26-19)20(24)22-16-5-3-4-15(21)12(16)2/h3-7,9-11H,8H2,1-2H3,(H,22,24). The van der Waals surface area contributed by atoms with E-state index in [1.165, 1.54) is 0 Å². The fraction of sp³-hybridized carbons (Fsp3) is 0.200. The van der Waals surface area contributed by atoms with Gasteiger partial charge in [0, 0.05) is 28.8 Å². The number of hydrogen-bond donors (Lipinski definition) is 1. The summed E-state index contributed by atoms with van der Waals surface area (Å²) in [5.41, 5.74) is 3.66. The summed E-state index contributed by atoms with van der Waals surface area (Å²) in [5, 5.41) is 7.31. The molecule has 5 nitrogen and oxygen atoms in total. The lowest BCUT2D eigenvalue weighted by Crippen LogP contribution is -2.13. The Morgan fingerprint density at radius 1 is 1.27 bits per heavy atom. The number of nitrogens with one attached hydrogen (secondary N) is 1. The Kier molecular flexibility index (Phi) is 4.17. The summed E-state index contributed by atoms with van der Waals surface area (Å²) < 4.78 is 11.1. The van der Waals surface area contributed by atoms with Crippen molar-refractivity contribution in [3.63, 3.8) is 0 Å². The van der Waals surface area contributed by atoms with Gasteiger partial charge < -0.3 is 14.6 Å². The smallest absolute Gasteiger partial charge is 0.277 e. The highest BCUT2D eigenvalue weighted by Gasteiger charge is 2.21. The van der Waals surface area contributed by atoms with Gasteiger partial charge in [0.05, 0.1) is 0 Å². The van der Waals surface area contributed by atoms with Gasteiger partial charge >= 0.3 is 0 Å². The van der Waals surface area contributed by atoms with Crippen LogP contribution in [0.5, 0.6) is 5.75 Å². The van der Waals surface area contributed by atoms with E-state index in [-0.39, 0.29) is 17.7 Å². The molecular formula is C20H17ClN2O3. The lowest BCUT2D eigenvalue weighted by molar-refractivity contribution is 0.101. The highest BCUT2D eigenvalue weighted by Crippen LogP contribution is 2.33. The summed E-state index contributed by atoms with van der Waals surface area (Å²) in [6.07, 6.45) is 1.04. The van der Waals surface area contributed by atoms with Crippen molar-refractivity contribution < 1.29 is 14.1 Å². The van der Waals surface area contributed by atoms with Crippen molar-refractivity contribution in [2.45, 2.75) is 26.4 Å². The molecule has 0 saturated heterocycles. The molecule has 1 unspecified atom stereocenters. The van der Waals surface area contributed by atoms with Crippen molar-refractivity contribution in [1.29, 1.82) is 0 Å². The van der Waals surface area contributed by atoms with E-state index in [1.54, 1.807) is 24.3 Å².